The Morgan fingerprint density at radius 3 is 2.56 bits per heavy atom. The number of nitrogens with zero attached hydrogens (tertiary/aromatic N) is 1. The second-order valence-corrected chi connectivity index (χ2v) is 8.03. The zero-order valence-electron chi connectivity index (χ0n) is 15.1. The zero-order chi connectivity index (χ0) is 19.9. The molecule has 0 aliphatic carbocycles. The van der Waals surface area contributed by atoms with E-state index in [1.807, 2.05) is 0 Å². The molecule has 0 spiro atoms. The minimum atomic E-state index is -3.77. The normalized spacial score (nSPS) is 17.9. The predicted octanol–water partition coefficient (Wildman–Crippen LogP) is 1.09. The number of benzene rings is 1. The van der Waals surface area contributed by atoms with Crippen molar-refractivity contribution in [3.05, 3.63) is 30.1 Å². The molecule has 1 saturated heterocycles. The summed E-state index contributed by atoms with van der Waals surface area (Å²) in [6, 6.07) is 4.62. The van der Waals surface area contributed by atoms with Gasteiger partial charge in [0.15, 0.2) is 0 Å². The summed E-state index contributed by atoms with van der Waals surface area (Å²) < 4.78 is 44.3. The summed E-state index contributed by atoms with van der Waals surface area (Å²) in [5.74, 6) is -1.25. The van der Waals surface area contributed by atoms with E-state index >= 15 is 0 Å². The molecule has 1 heterocycles. The van der Waals surface area contributed by atoms with Crippen molar-refractivity contribution in [2.75, 3.05) is 32.8 Å². The SMILES string of the molecule is CCOC(=O)NCCNC(=O)C1CCCN(S(=O)(=O)c2ccc(F)cc2)C1. The molecule has 0 radical (unpaired) electrons. The number of nitrogens with one attached hydrogen (secondary N) is 2. The molecular weight excluding hydrogens is 377 g/mol. The van der Waals surface area contributed by atoms with Crippen molar-refractivity contribution in [2.24, 2.45) is 5.92 Å². The van der Waals surface area contributed by atoms with E-state index in [1.54, 1.807) is 6.92 Å². The highest BCUT2D eigenvalue weighted by Crippen LogP contribution is 2.24. The molecule has 27 heavy (non-hydrogen) atoms. The zero-order valence-corrected chi connectivity index (χ0v) is 15.9. The number of carbonyl (C=O) groups is 2. The van der Waals surface area contributed by atoms with Crippen molar-refractivity contribution in [1.29, 1.82) is 0 Å². The summed E-state index contributed by atoms with van der Waals surface area (Å²) >= 11 is 0. The van der Waals surface area contributed by atoms with E-state index in [0.717, 1.165) is 12.1 Å². The first kappa shape index (κ1) is 21.1. The quantitative estimate of drug-likeness (QED) is 0.666. The Morgan fingerprint density at radius 2 is 1.89 bits per heavy atom. The van der Waals surface area contributed by atoms with Crippen LogP contribution in [0, 0.1) is 11.7 Å². The topological polar surface area (TPSA) is 105 Å². The Balaban J connectivity index is 1.88. The number of sulfonamides is 1. The molecule has 10 heteroatoms. The molecular formula is C17H24FN3O5S. The number of carbonyl (C=O) groups excluding carboxylic acids is 2. The minimum absolute atomic E-state index is 0.00333. The number of piperidine rings is 1. The van der Waals surface area contributed by atoms with Gasteiger partial charge in [0.05, 0.1) is 17.4 Å². The lowest BCUT2D eigenvalue weighted by Gasteiger charge is -2.31. The number of rotatable bonds is 7. The summed E-state index contributed by atoms with van der Waals surface area (Å²) in [7, 11) is -3.77. The first-order valence-electron chi connectivity index (χ1n) is 8.78. The lowest BCUT2D eigenvalue weighted by atomic mass is 9.99. The fourth-order valence-electron chi connectivity index (χ4n) is 2.81. The average molecular weight is 401 g/mol. The van der Waals surface area contributed by atoms with Gasteiger partial charge in [-0.25, -0.2) is 17.6 Å². The van der Waals surface area contributed by atoms with Gasteiger partial charge in [-0.2, -0.15) is 4.31 Å². The summed E-state index contributed by atoms with van der Waals surface area (Å²) in [5, 5.41) is 5.18. The van der Waals surface area contributed by atoms with Crippen LogP contribution in [0.2, 0.25) is 0 Å². The maximum absolute atomic E-state index is 13.0. The molecule has 1 unspecified atom stereocenters. The Morgan fingerprint density at radius 1 is 1.22 bits per heavy atom. The molecule has 1 aliphatic rings. The molecule has 2 rings (SSSR count). The van der Waals surface area contributed by atoms with Crippen molar-refractivity contribution in [3.8, 4) is 0 Å². The van der Waals surface area contributed by atoms with E-state index in [-0.39, 0.29) is 37.0 Å². The van der Waals surface area contributed by atoms with E-state index < -0.39 is 27.9 Å². The maximum atomic E-state index is 13.0. The van der Waals surface area contributed by atoms with Crippen LogP contribution in [-0.2, 0) is 19.6 Å². The molecule has 1 aromatic carbocycles. The largest absolute Gasteiger partial charge is 0.450 e. The standard InChI is InChI=1S/C17H24FN3O5S/c1-2-26-17(23)20-10-9-19-16(22)13-4-3-11-21(12-13)27(24,25)15-7-5-14(18)6-8-15/h5-8,13H,2-4,9-12H2,1H3,(H,19,22)(H,20,23). The van der Waals surface area contributed by atoms with Crippen molar-refractivity contribution < 1.29 is 27.1 Å². The third-order valence-electron chi connectivity index (χ3n) is 4.18. The Labute approximate surface area is 158 Å². The molecule has 150 valence electrons. The van der Waals surface area contributed by atoms with Gasteiger partial charge < -0.3 is 15.4 Å². The molecule has 0 aromatic heterocycles. The van der Waals surface area contributed by atoms with Gasteiger partial charge in [-0.15, -0.1) is 0 Å². The van der Waals surface area contributed by atoms with Crippen molar-refractivity contribution in [2.45, 2.75) is 24.7 Å². The van der Waals surface area contributed by atoms with Crippen LogP contribution in [0.25, 0.3) is 0 Å². The van der Waals surface area contributed by atoms with Gasteiger partial charge in [0, 0.05) is 26.2 Å². The van der Waals surface area contributed by atoms with Crippen LogP contribution in [0.1, 0.15) is 19.8 Å². The summed E-state index contributed by atoms with van der Waals surface area (Å²) in [6.07, 6.45) is 0.576. The van der Waals surface area contributed by atoms with E-state index in [4.69, 9.17) is 4.74 Å². The van der Waals surface area contributed by atoms with Crippen LogP contribution >= 0.6 is 0 Å². The lowest BCUT2D eigenvalue weighted by molar-refractivity contribution is -0.126. The van der Waals surface area contributed by atoms with Gasteiger partial charge in [0.1, 0.15) is 5.82 Å². The van der Waals surface area contributed by atoms with Crippen molar-refractivity contribution >= 4 is 22.0 Å². The first-order valence-corrected chi connectivity index (χ1v) is 10.2. The third kappa shape index (κ3) is 5.90. The fraction of sp³-hybridized carbons (Fsp3) is 0.529. The van der Waals surface area contributed by atoms with Crippen molar-refractivity contribution in [3.63, 3.8) is 0 Å². The van der Waals surface area contributed by atoms with Gasteiger partial charge >= 0.3 is 6.09 Å². The highest BCUT2D eigenvalue weighted by atomic mass is 32.2. The predicted molar refractivity (Wildman–Crippen MR) is 95.9 cm³/mol. The molecule has 2 amide bonds. The average Bonchev–Trinajstić information content (AvgIpc) is 2.66. The third-order valence-corrected chi connectivity index (χ3v) is 6.05. The Bertz CT molecular complexity index is 754. The molecule has 0 saturated carbocycles. The van der Waals surface area contributed by atoms with E-state index in [0.29, 0.717) is 19.4 Å². The minimum Gasteiger partial charge on any atom is -0.450 e. The number of ether oxygens (including phenoxy) is 1. The molecule has 1 fully saturated rings. The number of hydrogen-bond acceptors (Lipinski definition) is 5. The molecule has 1 aliphatic heterocycles. The molecule has 1 aromatic rings. The fourth-order valence-corrected chi connectivity index (χ4v) is 4.33. The van der Waals surface area contributed by atoms with Gasteiger partial charge in [-0.1, -0.05) is 0 Å². The molecule has 1 atom stereocenters. The first-order chi connectivity index (χ1) is 12.8. The number of hydrogen-bond donors (Lipinski definition) is 2. The maximum Gasteiger partial charge on any atom is 0.407 e. The van der Waals surface area contributed by atoms with Gasteiger partial charge in [-0.05, 0) is 44.0 Å². The van der Waals surface area contributed by atoms with Crippen LogP contribution in [-0.4, -0.2) is 57.5 Å². The second-order valence-electron chi connectivity index (χ2n) is 6.09. The summed E-state index contributed by atoms with van der Waals surface area (Å²) in [5.41, 5.74) is 0. The van der Waals surface area contributed by atoms with Gasteiger partial charge in [-0.3, -0.25) is 4.79 Å². The van der Waals surface area contributed by atoms with Crippen LogP contribution < -0.4 is 10.6 Å². The van der Waals surface area contributed by atoms with Crippen LogP contribution in [0.5, 0.6) is 0 Å². The molecule has 2 N–H and O–H groups in total. The Hall–Kier alpha value is -2.20. The summed E-state index contributed by atoms with van der Waals surface area (Å²) in [4.78, 5) is 23.5. The van der Waals surface area contributed by atoms with E-state index in [9.17, 15) is 22.4 Å². The van der Waals surface area contributed by atoms with Crippen molar-refractivity contribution in [1.82, 2.24) is 14.9 Å². The smallest absolute Gasteiger partial charge is 0.407 e. The van der Waals surface area contributed by atoms with Crippen LogP contribution in [0.4, 0.5) is 9.18 Å². The van der Waals surface area contributed by atoms with E-state index in [2.05, 4.69) is 10.6 Å². The van der Waals surface area contributed by atoms with Crippen LogP contribution in [0.15, 0.2) is 29.2 Å². The monoisotopic (exact) mass is 401 g/mol. The lowest BCUT2D eigenvalue weighted by Crippen LogP contribution is -2.46. The molecule has 8 nitrogen and oxygen atoms in total. The Kier molecular flexibility index (Phi) is 7.55. The molecule has 0 bridgehead atoms. The summed E-state index contributed by atoms with van der Waals surface area (Å²) in [6.45, 7) is 2.77. The van der Waals surface area contributed by atoms with Crippen LogP contribution in [0.3, 0.4) is 0 Å². The highest BCUT2D eigenvalue weighted by Gasteiger charge is 2.33. The highest BCUT2D eigenvalue weighted by molar-refractivity contribution is 7.89. The van der Waals surface area contributed by atoms with Gasteiger partial charge in [0.2, 0.25) is 15.9 Å². The number of amides is 2. The van der Waals surface area contributed by atoms with Gasteiger partial charge in [0.25, 0.3) is 0 Å². The van der Waals surface area contributed by atoms with E-state index in [1.165, 1.54) is 16.4 Å². The number of halogens is 1. The number of alkyl carbamates (subject to hydrolysis) is 1. The second kappa shape index (κ2) is 9.65.